The quantitative estimate of drug-likeness (QED) is 0.868. The number of benzene rings is 1. The van der Waals surface area contributed by atoms with Gasteiger partial charge in [-0.1, -0.05) is 6.07 Å². The number of ether oxygens (including phenoxy) is 2. The second-order valence-electron chi connectivity index (χ2n) is 6.36. The van der Waals surface area contributed by atoms with Gasteiger partial charge in [0.1, 0.15) is 19.8 Å². The maximum absolute atomic E-state index is 12.7. The molecule has 4 rings (SSSR count). The van der Waals surface area contributed by atoms with Crippen LogP contribution in [0.15, 0.2) is 30.6 Å². The van der Waals surface area contributed by atoms with Gasteiger partial charge in [-0.25, -0.2) is 0 Å². The number of nitrogens with zero attached hydrogens (tertiary/aromatic N) is 3. The molecule has 2 aliphatic rings. The lowest BCUT2D eigenvalue weighted by Crippen LogP contribution is -2.33. The first-order valence-corrected chi connectivity index (χ1v) is 8.39. The van der Waals surface area contributed by atoms with Crippen molar-refractivity contribution in [1.82, 2.24) is 14.7 Å². The zero-order chi connectivity index (χ0) is 16.5. The van der Waals surface area contributed by atoms with Crippen LogP contribution in [0.3, 0.4) is 0 Å². The fraction of sp³-hybridized carbons (Fsp3) is 0.444. The van der Waals surface area contributed by atoms with Gasteiger partial charge < -0.3 is 14.4 Å². The molecule has 6 nitrogen and oxygen atoms in total. The fourth-order valence-corrected chi connectivity index (χ4v) is 3.46. The van der Waals surface area contributed by atoms with Crippen LogP contribution in [0, 0.1) is 6.92 Å². The van der Waals surface area contributed by atoms with Gasteiger partial charge in [-0.05, 0) is 43.0 Å². The number of carbonyl (C=O) groups excluding carboxylic acids is 1. The van der Waals surface area contributed by atoms with E-state index in [0.29, 0.717) is 13.2 Å². The monoisotopic (exact) mass is 327 g/mol. The molecular weight excluding hydrogens is 306 g/mol. The minimum atomic E-state index is 0.102. The van der Waals surface area contributed by atoms with Crippen molar-refractivity contribution in [2.45, 2.75) is 32.4 Å². The Kier molecular flexibility index (Phi) is 3.88. The van der Waals surface area contributed by atoms with E-state index in [4.69, 9.17) is 9.47 Å². The van der Waals surface area contributed by atoms with Gasteiger partial charge in [-0.2, -0.15) is 5.10 Å². The standard InChI is InChI=1S/C18H21N3O3/c1-13-10-19-20(11-13)12-18(22)21-6-2-3-15(21)14-4-5-16-17(9-14)24-8-7-23-16/h4-5,9-11,15H,2-3,6-8,12H2,1H3/t15-/m0/s1. The summed E-state index contributed by atoms with van der Waals surface area (Å²) in [4.78, 5) is 14.7. The van der Waals surface area contributed by atoms with Gasteiger partial charge in [0.25, 0.3) is 0 Å². The number of fused-ring (bicyclic) bond motifs is 1. The van der Waals surface area contributed by atoms with Gasteiger partial charge in [0.05, 0.1) is 12.2 Å². The summed E-state index contributed by atoms with van der Waals surface area (Å²) in [6.45, 7) is 4.21. The molecule has 1 aromatic heterocycles. The summed E-state index contributed by atoms with van der Waals surface area (Å²) in [7, 11) is 0. The first-order valence-electron chi connectivity index (χ1n) is 8.39. The van der Waals surface area contributed by atoms with E-state index in [2.05, 4.69) is 5.10 Å². The lowest BCUT2D eigenvalue weighted by atomic mass is 10.0. The number of aryl methyl sites for hydroxylation is 1. The van der Waals surface area contributed by atoms with E-state index in [1.807, 2.05) is 36.2 Å². The molecule has 6 heteroatoms. The summed E-state index contributed by atoms with van der Waals surface area (Å²) in [5.41, 5.74) is 2.18. The first kappa shape index (κ1) is 15.1. The molecule has 0 aliphatic carbocycles. The number of hydrogen-bond acceptors (Lipinski definition) is 4. The minimum Gasteiger partial charge on any atom is -0.486 e. The summed E-state index contributed by atoms with van der Waals surface area (Å²) in [5.74, 6) is 1.67. The molecule has 1 saturated heterocycles. The van der Waals surface area contributed by atoms with Crippen LogP contribution in [0.25, 0.3) is 0 Å². The highest BCUT2D eigenvalue weighted by atomic mass is 16.6. The SMILES string of the molecule is Cc1cnn(CC(=O)N2CCC[C@H]2c2ccc3c(c2)OCCO3)c1. The highest BCUT2D eigenvalue weighted by molar-refractivity contribution is 5.76. The van der Waals surface area contributed by atoms with Crippen molar-refractivity contribution in [3.05, 3.63) is 41.7 Å². The van der Waals surface area contributed by atoms with Gasteiger partial charge in [-0.3, -0.25) is 9.48 Å². The van der Waals surface area contributed by atoms with Gasteiger partial charge in [0, 0.05) is 12.7 Å². The molecule has 0 spiro atoms. The highest BCUT2D eigenvalue weighted by Gasteiger charge is 2.31. The predicted octanol–water partition coefficient (Wildman–Crippen LogP) is 2.33. The van der Waals surface area contributed by atoms with Crippen molar-refractivity contribution in [2.75, 3.05) is 19.8 Å². The third-order valence-corrected chi connectivity index (χ3v) is 4.58. The molecule has 1 fully saturated rings. The molecule has 126 valence electrons. The molecular formula is C18H21N3O3. The summed E-state index contributed by atoms with van der Waals surface area (Å²) < 4.78 is 13.0. The normalized spacial score (nSPS) is 19.5. The Morgan fingerprint density at radius 2 is 2.12 bits per heavy atom. The van der Waals surface area contributed by atoms with Crippen LogP contribution in [0.5, 0.6) is 11.5 Å². The van der Waals surface area contributed by atoms with Crippen molar-refractivity contribution in [1.29, 1.82) is 0 Å². The van der Waals surface area contributed by atoms with Crippen molar-refractivity contribution in [3.8, 4) is 11.5 Å². The largest absolute Gasteiger partial charge is 0.486 e. The van der Waals surface area contributed by atoms with Crippen LogP contribution in [-0.4, -0.2) is 40.3 Å². The molecule has 3 heterocycles. The smallest absolute Gasteiger partial charge is 0.244 e. The lowest BCUT2D eigenvalue weighted by molar-refractivity contribution is -0.133. The summed E-state index contributed by atoms with van der Waals surface area (Å²) in [5, 5.41) is 4.22. The van der Waals surface area contributed by atoms with Gasteiger partial charge in [0.15, 0.2) is 11.5 Å². The van der Waals surface area contributed by atoms with E-state index in [9.17, 15) is 4.79 Å². The van der Waals surface area contributed by atoms with Crippen LogP contribution >= 0.6 is 0 Å². The molecule has 0 N–H and O–H groups in total. The van der Waals surface area contributed by atoms with Crippen molar-refractivity contribution in [3.63, 3.8) is 0 Å². The maximum Gasteiger partial charge on any atom is 0.244 e. The Labute approximate surface area is 141 Å². The maximum atomic E-state index is 12.7. The van der Waals surface area contributed by atoms with Crippen molar-refractivity contribution in [2.24, 2.45) is 0 Å². The summed E-state index contributed by atoms with van der Waals surface area (Å²) in [6.07, 6.45) is 5.66. The lowest BCUT2D eigenvalue weighted by Gasteiger charge is -2.26. The molecule has 2 aromatic rings. The van der Waals surface area contributed by atoms with Crippen LogP contribution in [0.1, 0.15) is 30.0 Å². The van der Waals surface area contributed by atoms with E-state index >= 15 is 0 Å². The van der Waals surface area contributed by atoms with Crippen LogP contribution in [-0.2, 0) is 11.3 Å². The van der Waals surface area contributed by atoms with E-state index in [1.54, 1.807) is 10.9 Å². The van der Waals surface area contributed by atoms with Gasteiger partial charge in [-0.15, -0.1) is 0 Å². The Bertz CT molecular complexity index is 756. The molecule has 24 heavy (non-hydrogen) atoms. The average molecular weight is 327 g/mol. The third kappa shape index (κ3) is 2.84. The third-order valence-electron chi connectivity index (χ3n) is 4.58. The van der Waals surface area contributed by atoms with Crippen LogP contribution < -0.4 is 9.47 Å². The summed E-state index contributed by atoms with van der Waals surface area (Å²) in [6, 6.07) is 6.11. The molecule has 2 aliphatic heterocycles. The Morgan fingerprint density at radius 3 is 2.92 bits per heavy atom. The van der Waals surface area contributed by atoms with E-state index in [0.717, 1.165) is 42.0 Å². The van der Waals surface area contributed by atoms with Crippen molar-refractivity contribution < 1.29 is 14.3 Å². The van der Waals surface area contributed by atoms with Crippen molar-refractivity contribution >= 4 is 5.91 Å². The Hall–Kier alpha value is -2.50. The number of carbonyl (C=O) groups is 1. The number of hydrogen-bond donors (Lipinski definition) is 0. The van der Waals surface area contributed by atoms with Crippen LogP contribution in [0.4, 0.5) is 0 Å². The molecule has 1 atom stereocenters. The number of aromatic nitrogens is 2. The van der Waals surface area contributed by atoms with Crippen LogP contribution in [0.2, 0.25) is 0 Å². The fourth-order valence-electron chi connectivity index (χ4n) is 3.46. The molecule has 0 saturated carbocycles. The zero-order valence-electron chi connectivity index (χ0n) is 13.8. The molecule has 0 unspecified atom stereocenters. The number of rotatable bonds is 3. The zero-order valence-corrected chi connectivity index (χ0v) is 13.8. The molecule has 0 bridgehead atoms. The van der Waals surface area contributed by atoms with Gasteiger partial charge >= 0.3 is 0 Å². The van der Waals surface area contributed by atoms with E-state index in [1.165, 1.54) is 0 Å². The molecule has 1 aromatic carbocycles. The first-order chi connectivity index (χ1) is 11.7. The predicted molar refractivity (Wildman–Crippen MR) is 88.1 cm³/mol. The number of likely N-dealkylation sites (tertiary alicyclic amines) is 1. The minimum absolute atomic E-state index is 0.102. The second kappa shape index (κ2) is 6.19. The second-order valence-corrected chi connectivity index (χ2v) is 6.36. The Morgan fingerprint density at radius 1 is 1.29 bits per heavy atom. The number of amides is 1. The average Bonchev–Trinajstić information content (AvgIpc) is 3.23. The van der Waals surface area contributed by atoms with E-state index < -0.39 is 0 Å². The topological polar surface area (TPSA) is 56.6 Å². The highest BCUT2D eigenvalue weighted by Crippen LogP contribution is 2.38. The summed E-state index contributed by atoms with van der Waals surface area (Å²) >= 11 is 0. The van der Waals surface area contributed by atoms with E-state index in [-0.39, 0.29) is 18.5 Å². The molecule has 1 amide bonds. The van der Waals surface area contributed by atoms with Gasteiger partial charge in [0.2, 0.25) is 5.91 Å². The molecule has 0 radical (unpaired) electrons. The Balaban J connectivity index is 1.53.